The molecule has 1 aliphatic rings. The number of rotatable bonds is 4. The van der Waals surface area contributed by atoms with Gasteiger partial charge in [0.05, 0.1) is 13.2 Å². The van der Waals surface area contributed by atoms with Gasteiger partial charge in [0.25, 0.3) is 0 Å². The van der Waals surface area contributed by atoms with E-state index in [0.717, 1.165) is 0 Å². The third kappa shape index (κ3) is 6.71. The third-order valence-corrected chi connectivity index (χ3v) is 5.25. The van der Waals surface area contributed by atoms with Crippen LogP contribution in [0, 0.1) is 0 Å². The normalized spacial score (nSPS) is 18.5. The van der Waals surface area contributed by atoms with E-state index in [2.05, 4.69) is 4.74 Å². The molecule has 0 unspecified atom stereocenters. The fourth-order valence-corrected chi connectivity index (χ4v) is 3.52. The molecule has 0 saturated heterocycles. The summed E-state index contributed by atoms with van der Waals surface area (Å²) in [6, 6.07) is 6.03. The summed E-state index contributed by atoms with van der Waals surface area (Å²) in [4.78, 5) is 36.2. The van der Waals surface area contributed by atoms with Gasteiger partial charge in [0.15, 0.2) is 0 Å². The second-order valence-electron chi connectivity index (χ2n) is 7.89. The number of benzene rings is 1. The van der Waals surface area contributed by atoms with Gasteiger partial charge in [-0.2, -0.15) is 0 Å². The Hall–Kier alpha value is -3.55. The first-order valence-electron chi connectivity index (χ1n) is 10.9. The third-order valence-electron chi connectivity index (χ3n) is 5.25. The molecule has 0 fully saturated rings. The average Bonchev–Trinajstić information content (AvgIpc) is 3.25. The summed E-state index contributed by atoms with van der Waals surface area (Å²) >= 11 is 0. The molecule has 8 heteroatoms. The van der Waals surface area contributed by atoms with Crippen LogP contribution in [0.5, 0.6) is 11.5 Å². The number of hydrogen-bond donors (Lipinski definition) is 1. The van der Waals surface area contributed by atoms with Gasteiger partial charge in [-0.1, -0.05) is 12.2 Å². The Bertz CT molecular complexity index is 1030. The molecular weight excluding hydrogens is 428 g/mol. The molecule has 3 rings (SSSR count). The molecule has 1 aromatic carbocycles. The van der Waals surface area contributed by atoms with Gasteiger partial charge in [-0.15, -0.1) is 0 Å². The van der Waals surface area contributed by atoms with Crippen LogP contribution in [-0.4, -0.2) is 36.0 Å². The summed E-state index contributed by atoms with van der Waals surface area (Å²) in [6.45, 7) is 1.77. The van der Waals surface area contributed by atoms with Gasteiger partial charge in [-0.05, 0) is 56.4 Å². The topological polar surface area (TPSA) is 112 Å². The molecule has 1 aromatic heterocycles. The van der Waals surface area contributed by atoms with Crippen molar-refractivity contribution in [2.24, 2.45) is 0 Å². The summed E-state index contributed by atoms with van der Waals surface area (Å²) in [7, 11) is 1.26. The number of carbonyl (C=O) groups excluding carboxylic acids is 3. The Balaban J connectivity index is 1.81. The molecule has 0 amide bonds. The van der Waals surface area contributed by atoms with Crippen LogP contribution in [0.15, 0.2) is 34.8 Å². The Labute approximate surface area is 192 Å². The van der Waals surface area contributed by atoms with Crippen LogP contribution >= 0.6 is 0 Å². The van der Waals surface area contributed by atoms with Gasteiger partial charge in [-0.3, -0.25) is 4.79 Å². The van der Waals surface area contributed by atoms with Crippen LogP contribution in [0.3, 0.4) is 0 Å². The van der Waals surface area contributed by atoms with Gasteiger partial charge in [0.2, 0.25) is 5.76 Å². The summed E-state index contributed by atoms with van der Waals surface area (Å²) in [5.41, 5.74) is 0.504. The number of phenols is 1. The largest absolute Gasteiger partial charge is 0.507 e. The van der Waals surface area contributed by atoms with Crippen LogP contribution in [0.2, 0.25) is 0 Å². The lowest BCUT2D eigenvalue weighted by Gasteiger charge is -2.16. The van der Waals surface area contributed by atoms with Gasteiger partial charge >= 0.3 is 11.9 Å². The molecule has 2 heterocycles. The molecule has 1 atom stereocenters. The molecule has 1 N–H and O–H groups in total. The number of cyclic esters (lactones) is 1. The molecule has 1 aliphatic heterocycles. The number of ether oxygens (including phenoxy) is 3. The number of fused-ring (bicyclic) bond motifs is 1. The van der Waals surface area contributed by atoms with Crippen molar-refractivity contribution in [1.29, 1.82) is 0 Å². The molecule has 33 heavy (non-hydrogen) atoms. The molecule has 176 valence electrons. The molecule has 2 aromatic rings. The standard InChI is InChI=1S/C25H28O8/c1-16-7-6-10-18(26)9-5-3-4-8-17-13-20(14-21(27)23(17)25(29)32-16)31-15-19-11-12-22(33-19)24(28)30-2/h4,8,11-14,16,27H,3,5-7,9-10,15H2,1-2H3/b8-4+/t16-/m0/s1. The van der Waals surface area contributed by atoms with Crippen molar-refractivity contribution in [3.63, 3.8) is 0 Å². The second-order valence-corrected chi connectivity index (χ2v) is 7.89. The summed E-state index contributed by atoms with van der Waals surface area (Å²) in [5.74, 6) is -0.524. The zero-order chi connectivity index (χ0) is 23.8. The number of carbonyl (C=O) groups is 3. The number of esters is 2. The first-order chi connectivity index (χ1) is 15.9. The van der Waals surface area contributed by atoms with Crippen molar-refractivity contribution < 1.29 is 38.1 Å². The van der Waals surface area contributed by atoms with E-state index < -0.39 is 11.9 Å². The van der Waals surface area contributed by atoms with Crippen molar-refractivity contribution in [3.8, 4) is 11.5 Å². The average molecular weight is 456 g/mol. The van der Waals surface area contributed by atoms with Crippen molar-refractivity contribution >= 4 is 23.8 Å². The molecule has 8 nitrogen and oxygen atoms in total. The Morgan fingerprint density at radius 2 is 1.97 bits per heavy atom. The zero-order valence-corrected chi connectivity index (χ0v) is 18.8. The van der Waals surface area contributed by atoms with Gasteiger partial charge in [0, 0.05) is 18.9 Å². The summed E-state index contributed by atoms with van der Waals surface area (Å²) in [5, 5.41) is 10.6. The SMILES string of the molecule is COC(=O)c1ccc(COc2cc(O)c3c(c2)/C=C/CCCC(=O)CCC[C@H](C)OC3=O)o1. The van der Waals surface area contributed by atoms with Crippen molar-refractivity contribution in [1.82, 2.24) is 0 Å². The van der Waals surface area contributed by atoms with E-state index in [4.69, 9.17) is 13.9 Å². The van der Waals surface area contributed by atoms with E-state index in [-0.39, 0.29) is 35.6 Å². The predicted octanol–water partition coefficient (Wildman–Crippen LogP) is 4.83. The van der Waals surface area contributed by atoms with Crippen LogP contribution < -0.4 is 4.74 Å². The van der Waals surface area contributed by atoms with Gasteiger partial charge < -0.3 is 23.7 Å². The Morgan fingerprint density at radius 3 is 2.76 bits per heavy atom. The van der Waals surface area contributed by atoms with Crippen molar-refractivity contribution in [2.75, 3.05) is 7.11 Å². The number of hydrogen-bond acceptors (Lipinski definition) is 8. The number of methoxy groups -OCH3 is 1. The Morgan fingerprint density at radius 1 is 1.18 bits per heavy atom. The van der Waals surface area contributed by atoms with Crippen LogP contribution in [0.4, 0.5) is 0 Å². The summed E-state index contributed by atoms with van der Waals surface area (Å²) in [6.07, 6.45) is 6.77. The molecular formula is C25H28O8. The highest BCUT2D eigenvalue weighted by atomic mass is 16.5. The number of aromatic hydroxyl groups is 1. The lowest BCUT2D eigenvalue weighted by molar-refractivity contribution is -0.119. The minimum atomic E-state index is -0.636. The number of Topliss-reactive ketones (excluding diaryl/α,β-unsaturated/α-hetero) is 1. The Kier molecular flexibility index (Phi) is 8.29. The molecule has 0 radical (unpaired) electrons. The molecule has 0 bridgehead atoms. The number of phenolic OH excluding ortho intramolecular Hbond substituents is 1. The maximum absolute atomic E-state index is 12.8. The second kappa shape index (κ2) is 11.4. The fraction of sp³-hybridized carbons (Fsp3) is 0.400. The highest BCUT2D eigenvalue weighted by molar-refractivity contribution is 5.97. The van der Waals surface area contributed by atoms with Crippen LogP contribution in [0.1, 0.15) is 77.7 Å². The van der Waals surface area contributed by atoms with E-state index in [9.17, 15) is 19.5 Å². The molecule has 0 saturated carbocycles. The quantitative estimate of drug-likeness (QED) is 0.651. The highest BCUT2D eigenvalue weighted by Gasteiger charge is 2.21. The van der Waals surface area contributed by atoms with E-state index in [1.165, 1.54) is 19.2 Å². The first kappa shape index (κ1) is 24.1. The molecule has 0 spiro atoms. The minimum Gasteiger partial charge on any atom is -0.507 e. The monoisotopic (exact) mass is 456 g/mol. The van der Waals surface area contributed by atoms with Crippen molar-refractivity contribution in [2.45, 2.75) is 58.2 Å². The molecule has 0 aliphatic carbocycles. The van der Waals surface area contributed by atoms with E-state index in [1.807, 2.05) is 6.08 Å². The van der Waals surface area contributed by atoms with Gasteiger partial charge in [-0.25, -0.2) is 9.59 Å². The zero-order valence-electron chi connectivity index (χ0n) is 18.8. The number of ketones is 1. The smallest absolute Gasteiger partial charge is 0.373 e. The maximum Gasteiger partial charge on any atom is 0.373 e. The van der Waals surface area contributed by atoms with Crippen LogP contribution in [0.25, 0.3) is 6.08 Å². The number of furan rings is 1. The van der Waals surface area contributed by atoms with E-state index >= 15 is 0 Å². The fourth-order valence-electron chi connectivity index (χ4n) is 3.52. The van der Waals surface area contributed by atoms with Crippen LogP contribution in [-0.2, 0) is 20.9 Å². The maximum atomic E-state index is 12.8. The summed E-state index contributed by atoms with van der Waals surface area (Å²) < 4.78 is 21.2. The first-order valence-corrected chi connectivity index (χ1v) is 10.9. The predicted molar refractivity (Wildman–Crippen MR) is 119 cm³/mol. The van der Waals surface area contributed by atoms with E-state index in [1.54, 1.807) is 25.1 Å². The van der Waals surface area contributed by atoms with Gasteiger partial charge in [0.1, 0.15) is 35.2 Å². The number of allylic oxidation sites excluding steroid dienone is 1. The highest BCUT2D eigenvalue weighted by Crippen LogP contribution is 2.31. The van der Waals surface area contributed by atoms with Crippen molar-refractivity contribution in [3.05, 3.63) is 53.0 Å². The lowest BCUT2D eigenvalue weighted by Crippen LogP contribution is -2.17. The lowest BCUT2D eigenvalue weighted by atomic mass is 10.0. The minimum absolute atomic E-state index is 0.00251. The van der Waals surface area contributed by atoms with E-state index in [0.29, 0.717) is 55.6 Å².